The molecule has 1 fully saturated rings. The summed E-state index contributed by atoms with van der Waals surface area (Å²) < 4.78 is 1.84. The SMILES string of the molecule is CC(C)N1CCC(c2ccnc3c(C(=O)N(C)C)cnn23)C1. The molecule has 0 aliphatic carbocycles. The Morgan fingerprint density at radius 3 is 2.82 bits per heavy atom. The van der Waals surface area contributed by atoms with E-state index in [1.165, 1.54) is 0 Å². The summed E-state index contributed by atoms with van der Waals surface area (Å²) in [5.41, 5.74) is 2.36. The Morgan fingerprint density at radius 1 is 1.41 bits per heavy atom. The van der Waals surface area contributed by atoms with Crippen molar-refractivity contribution in [2.75, 3.05) is 27.2 Å². The van der Waals surface area contributed by atoms with E-state index in [-0.39, 0.29) is 5.91 Å². The number of hydrogen-bond donors (Lipinski definition) is 0. The molecule has 6 heteroatoms. The van der Waals surface area contributed by atoms with Crippen molar-refractivity contribution in [2.24, 2.45) is 0 Å². The summed E-state index contributed by atoms with van der Waals surface area (Å²) >= 11 is 0. The normalized spacial score (nSPS) is 19.2. The smallest absolute Gasteiger partial charge is 0.258 e. The second kappa shape index (κ2) is 5.68. The summed E-state index contributed by atoms with van der Waals surface area (Å²) in [6.07, 6.45) is 4.54. The predicted molar refractivity (Wildman–Crippen MR) is 85.1 cm³/mol. The molecule has 1 saturated heterocycles. The van der Waals surface area contributed by atoms with Gasteiger partial charge in [-0.2, -0.15) is 5.10 Å². The maximum absolute atomic E-state index is 12.2. The predicted octanol–water partition coefficient (Wildman–Crippen LogP) is 1.63. The van der Waals surface area contributed by atoms with Crippen LogP contribution in [0.3, 0.4) is 0 Å². The van der Waals surface area contributed by atoms with Gasteiger partial charge in [-0.05, 0) is 32.9 Å². The van der Waals surface area contributed by atoms with Crippen LogP contribution in [-0.4, -0.2) is 63.5 Å². The van der Waals surface area contributed by atoms with Gasteiger partial charge in [-0.25, -0.2) is 9.50 Å². The number of likely N-dealkylation sites (tertiary alicyclic amines) is 1. The van der Waals surface area contributed by atoms with E-state index in [9.17, 15) is 4.79 Å². The lowest BCUT2D eigenvalue weighted by Gasteiger charge is -2.20. The van der Waals surface area contributed by atoms with E-state index in [4.69, 9.17) is 0 Å². The van der Waals surface area contributed by atoms with Gasteiger partial charge in [0.05, 0.1) is 11.9 Å². The van der Waals surface area contributed by atoms with E-state index in [1.54, 1.807) is 31.4 Å². The van der Waals surface area contributed by atoms with Gasteiger partial charge in [0, 0.05) is 38.8 Å². The van der Waals surface area contributed by atoms with E-state index < -0.39 is 0 Å². The first-order valence-electron chi connectivity index (χ1n) is 7.77. The van der Waals surface area contributed by atoms with Gasteiger partial charge >= 0.3 is 0 Å². The van der Waals surface area contributed by atoms with Crippen LogP contribution in [-0.2, 0) is 0 Å². The molecule has 0 N–H and O–H groups in total. The molecule has 0 saturated carbocycles. The third kappa shape index (κ3) is 2.47. The topological polar surface area (TPSA) is 53.7 Å². The first-order chi connectivity index (χ1) is 10.5. The highest BCUT2D eigenvalue weighted by atomic mass is 16.2. The van der Waals surface area contributed by atoms with Crippen LogP contribution in [0.2, 0.25) is 0 Å². The first-order valence-corrected chi connectivity index (χ1v) is 7.77. The van der Waals surface area contributed by atoms with E-state index in [1.807, 2.05) is 10.6 Å². The van der Waals surface area contributed by atoms with E-state index in [2.05, 4.69) is 28.8 Å². The fraction of sp³-hybridized carbons (Fsp3) is 0.562. The zero-order valence-electron chi connectivity index (χ0n) is 13.7. The van der Waals surface area contributed by atoms with Crippen molar-refractivity contribution in [1.29, 1.82) is 0 Å². The molecule has 1 aliphatic heterocycles. The van der Waals surface area contributed by atoms with Gasteiger partial charge < -0.3 is 9.80 Å². The van der Waals surface area contributed by atoms with E-state index >= 15 is 0 Å². The lowest BCUT2D eigenvalue weighted by molar-refractivity contribution is 0.0829. The molecule has 1 atom stereocenters. The Hall–Kier alpha value is -1.95. The van der Waals surface area contributed by atoms with Crippen LogP contribution in [0.15, 0.2) is 18.5 Å². The Bertz CT molecular complexity index is 691. The fourth-order valence-electron chi connectivity index (χ4n) is 3.11. The number of carbonyl (C=O) groups is 1. The molecule has 0 radical (unpaired) electrons. The van der Waals surface area contributed by atoms with Gasteiger partial charge in [-0.15, -0.1) is 0 Å². The van der Waals surface area contributed by atoms with Crippen LogP contribution < -0.4 is 0 Å². The van der Waals surface area contributed by atoms with Crippen LogP contribution >= 0.6 is 0 Å². The Morgan fingerprint density at radius 2 is 2.18 bits per heavy atom. The zero-order valence-corrected chi connectivity index (χ0v) is 13.7. The summed E-state index contributed by atoms with van der Waals surface area (Å²) in [6.45, 7) is 6.60. The number of hydrogen-bond acceptors (Lipinski definition) is 4. The van der Waals surface area contributed by atoms with Gasteiger partial charge in [0.2, 0.25) is 0 Å². The zero-order chi connectivity index (χ0) is 15.9. The van der Waals surface area contributed by atoms with Crippen LogP contribution in [0.4, 0.5) is 0 Å². The average Bonchev–Trinajstić information content (AvgIpc) is 3.13. The lowest BCUT2D eigenvalue weighted by atomic mass is 10.0. The van der Waals surface area contributed by atoms with E-state index in [0.717, 1.165) is 25.2 Å². The van der Waals surface area contributed by atoms with Gasteiger partial charge in [-0.3, -0.25) is 4.79 Å². The molecule has 0 bridgehead atoms. The molecule has 118 valence electrons. The van der Waals surface area contributed by atoms with Crippen LogP contribution in [0.1, 0.15) is 42.2 Å². The molecule has 0 aromatic carbocycles. The minimum absolute atomic E-state index is 0.0603. The molecule has 2 aromatic heterocycles. The Balaban J connectivity index is 1.97. The van der Waals surface area contributed by atoms with Crippen molar-refractivity contribution >= 4 is 11.6 Å². The number of fused-ring (bicyclic) bond motifs is 1. The molecular formula is C16H23N5O. The van der Waals surface area contributed by atoms with Gasteiger partial charge in [0.15, 0.2) is 5.65 Å². The van der Waals surface area contributed by atoms with Crippen LogP contribution in [0.5, 0.6) is 0 Å². The van der Waals surface area contributed by atoms with Gasteiger partial charge in [0.1, 0.15) is 5.56 Å². The van der Waals surface area contributed by atoms with Crippen molar-refractivity contribution in [1.82, 2.24) is 24.4 Å². The lowest BCUT2D eigenvalue weighted by Crippen LogP contribution is -2.28. The van der Waals surface area contributed by atoms with Crippen molar-refractivity contribution in [3.63, 3.8) is 0 Å². The average molecular weight is 301 g/mol. The molecule has 0 spiro atoms. The molecule has 1 unspecified atom stereocenters. The minimum atomic E-state index is -0.0603. The van der Waals surface area contributed by atoms with Crippen molar-refractivity contribution < 1.29 is 4.79 Å². The fourth-order valence-corrected chi connectivity index (χ4v) is 3.11. The Labute approximate surface area is 130 Å². The summed E-state index contributed by atoms with van der Waals surface area (Å²) in [7, 11) is 3.49. The monoisotopic (exact) mass is 301 g/mol. The van der Waals surface area contributed by atoms with Crippen LogP contribution in [0.25, 0.3) is 5.65 Å². The largest absolute Gasteiger partial charge is 0.345 e. The van der Waals surface area contributed by atoms with Crippen LogP contribution in [0, 0.1) is 0 Å². The highest BCUT2D eigenvalue weighted by Crippen LogP contribution is 2.28. The molecule has 6 nitrogen and oxygen atoms in total. The van der Waals surface area contributed by atoms with Gasteiger partial charge in [-0.1, -0.05) is 0 Å². The molecule has 3 heterocycles. The summed E-state index contributed by atoms with van der Waals surface area (Å²) in [5.74, 6) is 0.380. The number of amides is 1. The third-order valence-corrected chi connectivity index (χ3v) is 4.44. The molecular weight excluding hydrogens is 278 g/mol. The second-order valence-corrected chi connectivity index (χ2v) is 6.44. The Kier molecular flexibility index (Phi) is 3.87. The van der Waals surface area contributed by atoms with E-state index in [0.29, 0.717) is 23.2 Å². The summed E-state index contributed by atoms with van der Waals surface area (Å²) in [5, 5.41) is 4.42. The quantitative estimate of drug-likeness (QED) is 0.864. The van der Waals surface area contributed by atoms with Crippen molar-refractivity contribution in [3.8, 4) is 0 Å². The van der Waals surface area contributed by atoms with Crippen molar-refractivity contribution in [2.45, 2.75) is 32.2 Å². The third-order valence-electron chi connectivity index (χ3n) is 4.44. The summed E-state index contributed by atoms with van der Waals surface area (Å²) in [6, 6.07) is 2.59. The molecule has 1 amide bonds. The molecule has 1 aliphatic rings. The second-order valence-electron chi connectivity index (χ2n) is 6.44. The maximum atomic E-state index is 12.2. The maximum Gasteiger partial charge on any atom is 0.258 e. The summed E-state index contributed by atoms with van der Waals surface area (Å²) in [4.78, 5) is 20.6. The minimum Gasteiger partial charge on any atom is -0.345 e. The molecule has 2 aromatic rings. The number of rotatable bonds is 3. The highest BCUT2D eigenvalue weighted by molar-refractivity contribution is 5.99. The molecule has 3 rings (SSSR count). The van der Waals surface area contributed by atoms with Gasteiger partial charge in [0.25, 0.3) is 5.91 Å². The van der Waals surface area contributed by atoms with Crippen molar-refractivity contribution in [3.05, 3.63) is 29.7 Å². The number of nitrogens with zero attached hydrogens (tertiary/aromatic N) is 5. The highest BCUT2D eigenvalue weighted by Gasteiger charge is 2.28. The molecule has 22 heavy (non-hydrogen) atoms. The first kappa shape index (κ1) is 15.0. The number of aromatic nitrogens is 3. The number of carbonyl (C=O) groups excluding carboxylic acids is 1. The standard InChI is InChI=1S/C16H23N5O/c1-11(2)20-8-6-12(10-20)14-5-7-17-15-13(9-18-21(14)15)16(22)19(3)4/h5,7,9,11-12H,6,8,10H2,1-4H3.